The van der Waals surface area contributed by atoms with Gasteiger partial charge in [0.2, 0.25) is 17.7 Å². The van der Waals surface area contributed by atoms with E-state index < -0.39 is 28.8 Å². The van der Waals surface area contributed by atoms with E-state index in [4.69, 9.17) is 0 Å². The maximum Gasteiger partial charge on any atom is 0.261 e. The lowest BCUT2D eigenvalue weighted by molar-refractivity contribution is -0.142. The highest BCUT2D eigenvalue weighted by atomic mass is 32.2. The van der Waals surface area contributed by atoms with Crippen LogP contribution in [0, 0.1) is 6.92 Å². The fourth-order valence-electron chi connectivity index (χ4n) is 6.10. The zero-order chi connectivity index (χ0) is 34.6. The Morgan fingerprint density at radius 1 is 1.06 bits per heavy atom. The van der Waals surface area contributed by atoms with E-state index in [-0.39, 0.29) is 43.1 Å². The molecule has 48 heavy (non-hydrogen) atoms. The molecule has 0 spiro atoms. The van der Waals surface area contributed by atoms with Gasteiger partial charge in [0.05, 0.1) is 33.3 Å². The fourth-order valence-corrected chi connectivity index (χ4v) is 8.11. The molecule has 1 aromatic heterocycles. The number of aliphatic hydroxyl groups is 1. The standard InChI is InChI=1S/C35H41N5O6S2/c1-21-29(47-20-37-21)24-13-11-23(12-14-24)18-36-31(43)28-17-25(42)19-40(28)34(46)30(38-22(2)41)35(3,4)48-16-8-7-15-39-32(44)26-9-5-6-10-27(26)33(39)45/h5-6,9-14,20,25,28,30,42H,7-8,15-19H2,1-4H3,(H,36,43)(H,38,41)/t25-,28+,30-/m1/s1. The molecule has 2 aliphatic rings. The summed E-state index contributed by atoms with van der Waals surface area (Å²) in [5.41, 5.74) is 5.55. The van der Waals surface area contributed by atoms with Gasteiger partial charge in [-0.2, -0.15) is 11.8 Å². The summed E-state index contributed by atoms with van der Waals surface area (Å²) in [6.45, 7) is 7.55. The van der Waals surface area contributed by atoms with Crippen molar-refractivity contribution in [2.75, 3.05) is 18.8 Å². The Kier molecular flexibility index (Phi) is 11.0. The molecule has 1 saturated heterocycles. The first-order valence-corrected chi connectivity index (χ1v) is 17.9. The number of hydrogen-bond donors (Lipinski definition) is 3. The van der Waals surface area contributed by atoms with Crippen molar-refractivity contribution in [2.24, 2.45) is 0 Å². The van der Waals surface area contributed by atoms with Crippen molar-refractivity contribution in [3.63, 3.8) is 0 Å². The number of aromatic nitrogens is 1. The first-order chi connectivity index (χ1) is 22.9. The van der Waals surface area contributed by atoms with E-state index >= 15 is 0 Å². The quantitative estimate of drug-likeness (QED) is 0.181. The lowest BCUT2D eigenvalue weighted by Gasteiger charge is -2.37. The molecule has 254 valence electrons. The van der Waals surface area contributed by atoms with Crippen LogP contribution in [0.5, 0.6) is 0 Å². The fraction of sp³-hybridized carbons (Fsp3) is 0.429. The maximum absolute atomic E-state index is 14.0. The van der Waals surface area contributed by atoms with Crippen LogP contribution in [0.4, 0.5) is 0 Å². The second-order valence-electron chi connectivity index (χ2n) is 12.7. The van der Waals surface area contributed by atoms with Crippen LogP contribution in [-0.4, -0.2) is 91.2 Å². The largest absolute Gasteiger partial charge is 0.391 e. The molecule has 0 radical (unpaired) electrons. The SMILES string of the molecule is CC(=O)N[C@H](C(=O)N1C[C@H](O)C[C@H]1C(=O)NCc1ccc(-c2scnc2C)cc1)C(C)(C)SCCCCN1C(=O)c2ccccc2C1=O. The zero-order valence-corrected chi connectivity index (χ0v) is 29.2. The van der Waals surface area contributed by atoms with E-state index in [2.05, 4.69) is 15.6 Å². The predicted octanol–water partition coefficient (Wildman–Crippen LogP) is 3.79. The third-order valence-electron chi connectivity index (χ3n) is 8.71. The van der Waals surface area contributed by atoms with Crippen molar-refractivity contribution in [1.29, 1.82) is 0 Å². The summed E-state index contributed by atoms with van der Waals surface area (Å²) in [5.74, 6) is -1.16. The van der Waals surface area contributed by atoms with E-state index in [0.717, 1.165) is 21.7 Å². The molecular weight excluding hydrogens is 651 g/mol. The normalized spacial score (nSPS) is 18.2. The van der Waals surface area contributed by atoms with Gasteiger partial charge in [-0.25, -0.2) is 4.98 Å². The summed E-state index contributed by atoms with van der Waals surface area (Å²) < 4.78 is -0.773. The number of hydrogen-bond acceptors (Lipinski definition) is 9. The van der Waals surface area contributed by atoms with Gasteiger partial charge in [-0.05, 0) is 62.6 Å². The van der Waals surface area contributed by atoms with Crippen LogP contribution < -0.4 is 10.6 Å². The minimum Gasteiger partial charge on any atom is -0.391 e. The third kappa shape index (κ3) is 7.79. The number of nitrogens with zero attached hydrogens (tertiary/aromatic N) is 3. The molecule has 5 amide bonds. The number of benzene rings is 2. The first kappa shape index (κ1) is 35.2. The van der Waals surface area contributed by atoms with Gasteiger partial charge in [-0.3, -0.25) is 28.9 Å². The summed E-state index contributed by atoms with van der Waals surface area (Å²) in [4.78, 5) is 73.0. The first-order valence-electron chi connectivity index (χ1n) is 16.0. The number of carbonyl (C=O) groups excluding carboxylic acids is 5. The topological polar surface area (TPSA) is 149 Å². The highest BCUT2D eigenvalue weighted by molar-refractivity contribution is 8.00. The van der Waals surface area contributed by atoms with Crippen LogP contribution in [0.3, 0.4) is 0 Å². The lowest BCUT2D eigenvalue weighted by atomic mass is 10.0. The number of unbranched alkanes of at least 4 members (excludes halogenated alkanes) is 1. The molecule has 13 heteroatoms. The van der Waals surface area contributed by atoms with Gasteiger partial charge >= 0.3 is 0 Å². The van der Waals surface area contributed by atoms with Crippen molar-refractivity contribution in [3.8, 4) is 10.4 Å². The van der Waals surface area contributed by atoms with Gasteiger partial charge in [0, 0.05) is 37.7 Å². The van der Waals surface area contributed by atoms with Crippen LogP contribution in [-0.2, 0) is 20.9 Å². The van der Waals surface area contributed by atoms with Crippen LogP contribution in [0.25, 0.3) is 10.4 Å². The molecule has 0 unspecified atom stereocenters. The highest BCUT2D eigenvalue weighted by Crippen LogP contribution is 2.33. The van der Waals surface area contributed by atoms with Crippen molar-refractivity contribution in [1.82, 2.24) is 25.4 Å². The van der Waals surface area contributed by atoms with Crippen molar-refractivity contribution < 1.29 is 29.1 Å². The van der Waals surface area contributed by atoms with Crippen LogP contribution in [0.1, 0.15) is 72.0 Å². The molecule has 3 N–H and O–H groups in total. The second-order valence-corrected chi connectivity index (χ2v) is 15.3. The van der Waals surface area contributed by atoms with Gasteiger partial charge in [0.25, 0.3) is 11.8 Å². The number of likely N-dealkylation sites (tertiary alicyclic amines) is 1. The van der Waals surface area contributed by atoms with E-state index in [0.29, 0.717) is 36.3 Å². The highest BCUT2D eigenvalue weighted by Gasteiger charge is 2.45. The summed E-state index contributed by atoms with van der Waals surface area (Å²) >= 11 is 3.06. The van der Waals surface area contributed by atoms with E-state index in [9.17, 15) is 29.1 Å². The molecule has 2 aromatic carbocycles. The van der Waals surface area contributed by atoms with Gasteiger partial charge in [0.15, 0.2) is 0 Å². The molecule has 3 aromatic rings. The molecule has 11 nitrogen and oxygen atoms in total. The number of nitrogens with one attached hydrogen (secondary N) is 2. The summed E-state index contributed by atoms with van der Waals surface area (Å²) in [7, 11) is 0. The van der Waals surface area contributed by atoms with Gasteiger partial charge < -0.3 is 20.6 Å². The second kappa shape index (κ2) is 15.0. The Labute approximate surface area is 288 Å². The molecular formula is C35H41N5O6S2. The number of imide groups is 1. The van der Waals surface area contributed by atoms with Crippen LogP contribution in [0.15, 0.2) is 54.0 Å². The number of rotatable bonds is 13. The Hall–Kier alpha value is -4.07. The Bertz CT molecular complexity index is 1660. The Morgan fingerprint density at radius 2 is 1.73 bits per heavy atom. The minimum absolute atomic E-state index is 0.0169. The number of β-amino-alcohol motifs (C(OH)–C–C–N with tert-alkyl or cyclic N) is 1. The van der Waals surface area contributed by atoms with E-state index in [1.807, 2.05) is 50.5 Å². The van der Waals surface area contributed by atoms with Crippen molar-refractivity contribution >= 4 is 52.6 Å². The molecule has 5 rings (SSSR count). The molecule has 1 fully saturated rings. The average molecular weight is 692 g/mol. The molecule has 0 aliphatic carbocycles. The van der Waals surface area contributed by atoms with Gasteiger partial charge in [0.1, 0.15) is 12.1 Å². The van der Waals surface area contributed by atoms with Gasteiger partial charge in [-0.15, -0.1) is 11.3 Å². The van der Waals surface area contributed by atoms with Crippen LogP contribution in [0.2, 0.25) is 0 Å². The molecule has 0 saturated carbocycles. The molecule has 3 heterocycles. The predicted molar refractivity (Wildman–Crippen MR) is 185 cm³/mol. The van der Waals surface area contributed by atoms with Crippen molar-refractivity contribution in [2.45, 2.75) is 76.4 Å². The van der Waals surface area contributed by atoms with E-state index in [1.165, 1.54) is 28.5 Å². The third-order valence-corrected chi connectivity index (χ3v) is 11.2. The number of aliphatic hydroxyl groups excluding tert-OH is 1. The maximum atomic E-state index is 14.0. The Balaban J connectivity index is 1.16. The number of aryl methyl sites for hydroxylation is 1. The summed E-state index contributed by atoms with van der Waals surface area (Å²) in [6.07, 6.45) is 0.476. The smallest absolute Gasteiger partial charge is 0.261 e. The van der Waals surface area contributed by atoms with E-state index in [1.54, 1.807) is 35.6 Å². The average Bonchev–Trinajstić information content (AvgIpc) is 3.74. The van der Waals surface area contributed by atoms with Crippen LogP contribution >= 0.6 is 23.1 Å². The number of thioether (sulfide) groups is 1. The monoisotopic (exact) mass is 691 g/mol. The zero-order valence-electron chi connectivity index (χ0n) is 27.5. The number of amides is 5. The lowest BCUT2D eigenvalue weighted by Crippen LogP contribution is -2.59. The molecule has 2 aliphatic heterocycles. The van der Waals surface area contributed by atoms with Gasteiger partial charge in [-0.1, -0.05) is 36.4 Å². The van der Waals surface area contributed by atoms with Crippen molar-refractivity contribution in [3.05, 3.63) is 76.4 Å². The minimum atomic E-state index is -0.959. The number of thiazole rings is 1. The Morgan fingerprint density at radius 3 is 2.33 bits per heavy atom. The summed E-state index contributed by atoms with van der Waals surface area (Å²) in [6, 6.07) is 12.8. The number of carbonyl (C=O) groups is 5. The number of fused-ring (bicyclic) bond motifs is 1. The molecule has 0 bridgehead atoms. The summed E-state index contributed by atoms with van der Waals surface area (Å²) in [5, 5.41) is 16.2. The molecule has 3 atom stereocenters.